The van der Waals surface area contributed by atoms with Crippen molar-refractivity contribution in [1.29, 1.82) is 0 Å². The van der Waals surface area contributed by atoms with Gasteiger partial charge in [-0.25, -0.2) is 0 Å². The van der Waals surface area contributed by atoms with Crippen molar-refractivity contribution >= 4 is 65.6 Å². The fourth-order valence-corrected chi connectivity index (χ4v) is 12.3. The zero-order valence-electron chi connectivity index (χ0n) is 33.9. The van der Waals surface area contributed by atoms with E-state index in [1.54, 1.807) is 0 Å². The average molecular weight is 797 g/mol. The first kappa shape index (κ1) is 34.6. The first-order valence-corrected chi connectivity index (χ1v) is 22.1. The predicted molar refractivity (Wildman–Crippen MR) is 257 cm³/mol. The first-order valence-electron chi connectivity index (χ1n) is 21.3. The van der Waals surface area contributed by atoms with Gasteiger partial charge >= 0.3 is 0 Å². The van der Waals surface area contributed by atoms with Crippen LogP contribution in [0.15, 0.2) is 206 Å². The molecule has 2 aliphatic carbocycles. The van der Waals surface area contributed by atoms with Gasteiger partial charge in [-0.1, -0.05) is 147 Å². The molecule has 0 bridgehead atoms. The van der Waals surface area contributed by atoms with Gasteiger partial charge in [0.1, 0.15) is 0 Å². The van der Waals surface area contributed by atoms with E-state index in [1.807, 2.05) is 11.3 Å². The Hall–Kier alpha value is -7.20. The molecule has 1 unspecified atom stereocenters. The number of rotatable bonds is 5. The van der Waals surface area contributed by atoms with Crippen LogP contribution in [0, 0.1) is 0 Å². The lowest BCUT2D eigenvalue weighted by atomic mass is 9.65. The van der Waals surface area contributed by atoms with E-state index in [0.717, 1.165) is 22.7 Å². The topological polar surface area (TPSA) is 6.48 Å². The monoisotopic (exact) mass is 796 g/mol. The summed E-state index contributed by atoms with van der Waals surface area (Å²) in [5, 5.41) is 2.59. The van der Waals surface area contributed by atoms with Crippen molar-refractivity contribution in [1.82, 2.24) is 0 Å². The maximum absolute atomic E-state index is 2.52. The number of nitrogens with zero attached hydrogens (tertiary/aromatic N) is 2. The molecule has 0 fully saturated rings. The Labute approximate surface area is 360 Å². The molecule has 0 radical (unpaired) electrons. The number of benzene rings is 9. The summed E-state index contributed by atoms with van der Waals surface area (Å²) in [4.78, 5) is 4.98. The standard InChI is InChI=1S/C58H40N2S/c1-57(2)48-23-11-9-20-42(48)43-31-28-40(35-50(43)57)59(39-30-33-55-47(34-39)45-21-10-14-27-54(45)61-55)41-29-32-44-46-22-15-26-53-56(46)58(51(44)36-41,37-16-5-3-6-17-37)49-24-12-13-25-52(49)60(53)38-18-7-4-8-19-38/h3-36H,1-2H3. The van der Waals surface area contributed by atoms with Crippen LogP contribution in [0.2, 0.25) is 0 Å². The lowest BCUT2D eigenvalue weighted by Gasteiger charge is -2.44. The van der Waals surface area contributed by atoms with Gasteiger partial charge in [0.25, 0.3) is 0 Å². The van der Waals surface area contributed by atoms with E-state index in [9.17, 15) is 0 Å². The molecule has 2 heterocycles. The number of fused-ring (bicyclic) bond motifs is 11. The van der Waals surface area contributed by atoms with Gasteiger partial charge in [0.2, 0.25) is 0 Å². The highest BCUT2D eigenvalue weighted by Crippen LogP contribution is 2.65. The van der Waals surface area contributed by atoms with Crippen LogP contribution < -0.4 is 9.80 Å². The molecule has 0 amide bonds. The summed E-state index contributed by atoms with van der Waals surface area (Å²) in [5.41, 5.74) is 19.5. The Morgan fingerprint density at radius 3 is 1.80 bits per heavy atom. The smallest absolute Gasteiger partial charge is 0.0755 e. The summed E-state index contributed by atoms with van der Waals surface area (Å²) in [6.45, 7) is 4.75. The van der Waals surface area contributed by atoms with Crippen LogP contribution in [0.5, 0.6) is 0 Å². The van der Waals surface area contributed by atoms with Crippen LogP contribution in [-0.4, -0.2) is 0 Å². The van der Waals surface area contributed by atoms with Gasteiger partial charge in [-0.15, -0.1) is 11.3 Å². The van der Waals surface area contributed by atoms with E-state index in [-0.39, 0.29) is 5.41 Å². The molecule has 1 aliphatic heterocycles. The van der Waals surface area contributed by atoms with Crippen LogP contribution in [0.1, 0.15) is 47.2 Å². The summed E-state index contributed by atoms with van der Waals surface area (Å²) in [6.07, 6.45) is 0. The number of hydrogen-bond acceptors (Lipinski definition) is 3. The van der Waals surface area contributed by atoms with Crippen LogP contribution >= 0.6 is 11.3 Å². The fraction of sp³-hybridized carbons (Fsp3) is 0.0690. The van der Waals surface area contributed by atoms with Gasteiger partial charge in [0.15, 0.2) is 0 Å². The minimum atomic E-state index is -0.554. The van der Waals surface area contributed by atoms with Gasteiger partial charge in [-0.3, -0.25) is 0 Å². The maximum atomic E-state index is 2.52. The molecule has 1 aromatic heterocycles. The molecule has 13 rings (SSSR count). The van der Waals surface area contributed by atoms with E-state index in [4.69, 9.17) is 0 Å². The van der Waals surface area contributed by atoms with Gasteiger partial charge in [0.05, 0.1) is 16.8 Å². The molecule has 288 valence electrons. The second-order valence-electron chi connectivity index (χ2n) is 17.2. The zero-order valence-corrected chi connectivity index (χ0v) is 34.7. The highest BCUT2D eigenvalue weighted by molar-refractivity contribution is 7.25. The number of para-hydroxylation sites is 2. The Kier molecular flexibility index (Phi) is 7.19. The first-order chi connectivity index (χ1) is 30.0. The Morgan fingerprint density at radius 1 is 0.410 bits per heavy atom. The van der Waals surface area contributed by atoms with Crippen molar-refractivity contribution in [2.75, 3.05) is 9.80 Å². The molecular formula is C58H40N2S. The summed E-state index contributed by atoms with van der Waals surface area (Å²) in [6, 6.07) is 77.3. The minimum Gasteiger partial charge on any atom is -0.310 e. The summed E-state index contributed by atoms with van der Waals surface area (Å²) in [7, 11) is 0. The Bertz CT molecular complexity index is 3420. The molecule has 10 aromatic rings. The average Bonchev–Trinajstić information content (AvgIpc) is 3.91. The fourth-order valence-electron chi connectivity index (χ4n) is 11.2. The molecule has 3 aliphatic rings. The van der Waals surface area contributed by atoms with Gasteiger partial charge in [0, 0.05) is 53.9 Å². The molecule has 2 nitrogen and oxygen atoms in total. The number of hydrogen-bond donors (Lipinski definition) is 0. The quantitative estimate of drug-likeness (QED) is 0.171. The van der Waals surface area contributed by atoms with E-state index >= 15 is 0 Å². The molecule has 0 spiro atoms. The molecule has 9 aromatic carbocycles. The predicted octanol–water partition coefficient (Wildman–Crippen LogP) is 16.0. The second kappa shape index (κ2) is 12.7. The van der Waals surface area contributed by atoms with Crippen LogP contribution in [0.4, 0.5) is 34.1 Å². The van der Waals surface area contributed by atoms with Crippen molar-refractivity contribution in [3.8, 4) is 22.3 Å². The van der Waals surface area contributed by atoms with Crippen molar-refractivity contribution in [3.63, 3.8) is 0 Å². The van der Waals surface area contributed by atoms with Crippen LogP contribution in [-0.2, 0) is 10.8 Å². The third kappa shape index (κ3) is 4.67. The van der Waals surface area contributed by atoms with Gasteiger partial charge < -0.3 is 9.80 Å². The Balaban J connectivity index is 1.09. The molecular weight excluding hydrogens is 757 g/mol. The van der Waals surface area contributed by atoms with E-state index in [2.05, 4.69) is 230 Å². The number of anilines is 6. The lowest BCUT2D eigenvalue weighted by Crippen LogP contribution is -2.36. The normalized spacial score (nSPS) is 16.2. The zero-order chi connectivity index (χ0) is 40.5. The molecule has 61 heavy (non-hydrogen) atoms. The van der Waals surface area contributed by atoms with E-state index in [1.165, 1.54) is 87.2 Å². The molecule has 3 heteroatoms. The third-order valence-electron chi connectivity index (χ3n) is 13.8. The third-order valence-corrected chi connectivity index (χ3v) is 15.0. The van der Waals surface area contributed by atoms with Crippen molar-refractivity contribution < 1.29 is 0 Å². The molecule has 0 saturated heterocycles. The van der Waals surface area contributed by atoms with Crippen molar-refractivity contribution in [2.45, 2.75) is 24.7 Å². The molecule has 0 saturated carbocycles. The van der Waals surface area contributed by atoms with E-state index in [0.29, 0.717) is 0 Å². The SMILES string of the molecule is CC1(C)c2ccccc2-c2ccc(N(c3ccc4c(c3)C3(c5ccccc5)c5ccccc5N(c5ccccc5)c5cccc-4c53)c3ccc4sc5ccccc5c4c3)cc21. The van der Waals surface area contributed by atoms with Crippen LogP contribution in [0.25, 0.3) is 42.4 Å². The molecule has 1 atom stereocenters. The summed E-state index contributed by atoms with van der Waals surface area (Å²) in [5.74, 6) is 0. The molecule has 0 N–H and O–H groups in total. The minimum absolute atomic E-state index is 0.134. The largest absolute Gasteiger partial charge is 0.310 e. The second-order valence-corrected chi connectivity index (χ2v) is 18.3. The van der Waals surface area contributed by atoms with Crippen molar-refractivity contribution in [2.24, 2.45) is 0 Å². The lowest BCUT2D eigenvalue weighted by molar-refractivity contribution is 0.660. The Morgan fingerprint density at radius 2 is 0.984 bits per heavy atom. The highest BCUT2D eigenvalue weighted by atomic mass is 32.1. The number of thiophene rings is 1. The van der Waals surface area contributed by atoms with E-state index < -0.39 is 5.41 Å². The maximum Gasteiger partial charge on any atom is 0.0755 e. The summed E-state index contributed by atoms with van der Waals surface area (Å²) >= 11 is 1.87. The van der Waals surface area contributed by atoms with Gasteiger partial charge in [-0.05, 0) is 123 Å². The van der Waals surface area contributed by atoms with Gasteiger partial charge in [-0.2, -0.15) is 0 Å². The van der Waals surface area contributed by atoms with Crippen LogP contribution in [0.3, 0.4) is 0 Å². The highest BCUT2D eigenvalue weighted by Gasteiger charge is 2.52. The summed E-state index contributed by atoms with van der Waals surface area (Å²) < 4.78 is 2.62. The van der Waals surface area contributed by atoms with Crippen molar-refractivity contribution in [3.05, 3.63) is 240 Å².